The Kier molecular flexibility index (Phi) is 14.0. The van der Waals surface area contributed by atoms with Gasteiger partial charge in [-0.05, 0) is 57.1 Å². The molecule has 294 valence electrons. The topological polar surface area (TPSA) is 136 Å². The van der Waals surface area contributed by atoms with Gasteiger partial charge in [-0.1, -0.05) is 63.1 Å². The van der Waals surface area contributed by atoms with Crippen molar-refractivity contribution < 1.29 is 42.9 Å². The summed E-state index contributed by atoms with van der Waals surface area (Å²) in [6.07, 6.45) is 4.14. The van der Waals surface area contributed by atoms with Crippen LogP contribution in [0, 0.1) is 11.8 Å². The number of anilines is 1. The van der Waals surface area contributed by atoms with E-state index in [1.807, 2.05) is 44.2 Å². The fourth-order valence-electron chi connectivity index (χ4n) is 7.04. The molecule has 12 nitrogen and oxygen atoms in total. The normalized spacial score (nSPS) is 31.3. The van der Waals surface area contributed by atoms with Crippen LogP contribution in [0.2, 0.25) is 5.02 Å². The molecule has 53 heavy (non-hydrogen) atoms. The minimum absolute atomic E-state index is 0.221. The van der Waals surface area contributed by atoms with E-state index in [1.54, 1.807) is 60.7 Å². The molecule has 0 radical (unpaired) electrons. The van der Waals surface area contributed by atoms with E-state index < -0.39 is 53.0 Å². The third kappa shape index (κ3) is 9.35. The van der Waals surface area contributed by atoms with Gasteiger partial charge in [-0.3, -0.25) is 9.59 Å². The molecule has 0 aliphatic carbocycles. The molecule has 2 saturated heterocycles. The molecule has 0 unspecified atom stereocenters. The van der Waals surface area contributed by atoms with Crippen LogP contribution < -0.4 is 15.0 Å². The van der Waals surface area contributed by atoms with Crippen LogP contribution in [0.1, 0.15) is 73.3 Å². The summed E-state index contributed by atoms with van der Waals surface area (Å²) in [6, 6.07) is 2.75. The van der Waals surface area contributed by atoms with Gasteiger partial charge in [-0.2, -0.15) is 0 Å². The van der Waals surface area contributed by atoms with Crippen molar-refractivity contribution in [3.63, 3.8) is 0 Å². The zero-order valence-corrected chi connectivity index (χ0v) is 34.4. The first-order valence-electron chi connectivity index (χ1n) is 18.2. The number of carbonyl (C=O) groups is 4. The molecular weight excluding hydrogens is 722 g/mol. The highest BCUT2D eigenvalue weighted by molar-refractivity contribution is 8.00. The molecule has 4 rings (SSSR count). The average molecular weight is 778 g/mol. The Hall–Kier alpha value is -3.26. The Morgan fingerprint density at radius 3 is 2.53 bits per heavy atom. The van der Waals surface area contributed by atoms with Crippen molar-refractivity contribution in [3.05, 3.63) is 46.5 Å². The number of hydrogen-bond acceptors (Lipinski definition) is 10. The number of rotatable bonds is 9. The van der Waals surface area contributed by atoms with E-state index in [-0.39, 0.29) is 35.1 Å². The molecular formula is C39H56ClN3O9S. The van der Waals surface area contributed by atoms with Gasteiger partial charge in [-0.25, -0.2) is 9.59 Å². The number of allylic oxidation sites excluding steroid dienone is 3. The zero-order valence-electron chi connectivity index (χ0n) is 32.8. The number of methoxy groups -OCH3 is 2. The molecule has 0 aromatic heterocycles. The molecule has 1 aromatic rings. The monoisotopic (exact) mass is 777 g/mol. The van der Waals surface area contributed by atoms with Gasteiger partial charge in [0.05, 0.1) is 25.3 Å². The highest BCUT2D eigenvalue weighted by atomic mass is 35.5. The Morgan fingerprint density at radius 1 is 1.21 bits per heavy atom. The largest absolute Gasteiger partial charge is 0.495 e. The van der Waals surface area contributed by atoms with Crippen LogP contribution in [0.4, 0.5) is 10.5 Å². The molecule has 14 heteroatoms. The summed E-state index contributed by atoms with van der Waals surface area (Å²) in [4.78, 5) is 55.9. The summed E-state index contributed by atoms with van der Waals surface area (Å²) in [6.45, 7) is 12.9. The summed E-state index contributed by atoms with van der Waals surface area (Å²) in [5.41, 5.74) is 1.18. The van der Waals surface area contributed by atoms with Crippen molar-refractivity contribution in [2.45, 2.75) is 115 Å². The van der Waals surface area contributed by atoms with Crippen molar-refractivity contribution in [2.24, 2.45) is 11.8 Å². The Morgan fingerprint density at radius 2 is 1.91 bits per heavy atom. The lowest BCUT2D eigenvalue weighted by molar-refractivity contribution is -0.162. The van der Waals surface area contributed by atoms with E-state index in [9.17, 15) is 19.2 Å². The second-order valence-electron chi connectivity index (χ2n) is 14.8. The van der Waals surface area contributed by atoms with Gasteiger partial charge in [-0.15, -0.1) is 11.8 Å². The molecule has 1 N–H and O–H groups in total. The van der Waals surface area contributed by atoms with E-state index in [1.165, 1.54) is 16.9 Å². The van der Waals surface area contributed by atoms with E-state index in [0.717, 1.165) is 23.3 Å². The van der Waals surface area contributed by atoms with Crippen LogP contribution in [0.5, 0.6) is 5.75 Å². The Bertz CT molecular complexity index is 1600. The average Bonchev–Trinajstić information content (AvgIpc) is 3.82. The Balaban J connectivity index is 1.82. The first-order chi connectivity index (χ1) is 24.9. The lowest BCUT2D eigenvalue weighted by atomic mass is 9.84. The predicted octanol–water partition coefficient (Wildman–Crippen LogP) is 6.32. The van der Waals surface area contributed by atoms with Crippen LogP contribution in [0.15, 0.2) is 35.9 Å². The van der Waals surface area contributed by atoms with Crippen LogP contribution in [0.3, 0.4) is 0 Å². The maximum atomic E-state index is 14.2. The number of carbonyl (C=O) groups excluding carboxylic acids is 4. The molecule has 3 heterocycles. The summed E-state index contributed by atoms with van der Waals surface area (Å²) >= 11 is 8.41. The molecule has 3 amide bonds. The number of ether oxygens (including phenoxy) is 5. The smallest absolute Gasteiger partial charge is 0.408 e. The molecule has 4 bridgehead atoms. The number of likely N-dealkylation sites (N-methyl/N-ethyl adjacent to an activating group) is 1. The number of halogens is 1. The van der Waals surface area contributed by atoms with Crippen molar-refractivity contribution in [2.75, 3.05) is 39.0 Å². The summed E-state index contributed by atoms with van der Waals surface area (Å²) in [7, 11) is 6.30. The SMILES string of the molecule is CCCS[C@]12C[C@H](OC(=O)N1)[C@@H](C)[C@@H]1O[C@@]1(C)[C@@H](OC(=O)[C@H](C)N(C)C(=O)C(C)C)CC(=O)N(C)c1cc(cc(OC)c1Cl)C/C(C)=C/C=C/[C@H]2OC. The first kappa shape index (κ1) is 42.5. The summed E-state index contributed by atoms with van der Waals surface area (Å²) in [5, 5.41) is 3.35. The Labute approximate surface area is 323 Å². The summed E-state index contributed by atoms with van der Waals surface area (Å²) in [5.74, 6) is -0.809. The van der Waals surface area contributed by atoms with E-state index in [4.69, 9.17) is 35.3 Å². The minimum Gasteiger partial charge on any atom is -0.495 e. The standard InChI is InChI=1S/C39H56ClN3O9S/c1-12-16-53-39-21-29(50-37(47)41-39)24(5)34-38(7,52-34)31(51-36(46)25(6)42(8)35(45)22(2)3)20-32(44)43(9)27-18-26(19-28(48-10)33(27)40)17-23(4)14-13-15-30(39)49-11/h13-15,18-19,22,24-25,29-31,34H,12,16-17,20-21H2,1-11H3,(H,41,47)/b15-13+,23-14+/t24-,25+,29+,30-,31+,34+,38+,39+/m1/s1. The van der Waals surface area contributed by atoms with E-state index >= 15 is 0 Å². The molecule has 0 spiro atoms. The summed E-state index contributed by atoms with van der Waals surface area (Å²) < 4.78 is 30.1. The highest BCUT2D eigenvalue weighted by Gasteiger charge is 2.64. The van der Waals surface area contributed by atoms with Crippen molar-refractivity contribution in [1.82, 2.24) is 10.2 Å². The van der Waals surface area contributed by atoms with Gasteiger partial charge in [0.25, 0.3) is 0 Å². The maximum Gasteiger partial charge on any atom is 0.408 e. The first-order valence-corrected chi connectivity index (χ1v) is 19.6. The number of esters is 1. The number of nitrogens with one attached hydrogen (secondary N) is 1. The number of thioether (sulfide) groups is 1. The van der Waals surface area contributed by atoms with Crippen molar-refractivity contribution in [3.8, 4) is 5.75 Å². The van der Waals surface area contributed by atoms with Crippen molar-refractivity contribution >= 4 is 52.9 Å². The number of fused-ring (bicyclic) bond motifs is 5. The van der Waals surface area contributed by atoms with Gasteiger partial charge in [0, 0.05) is 39.5 Å². The fourth-order valence-corrected chi connectivity index (χ4v) is 8.70. The molecule has 1 aromatic carbocycles. The molecule has 8 atom stereocenters. The van der Waals surface area contributed by atoms with Crippen LogP contribution in [-0.4, -0.2) is 104 Å². The highest BCUT2D eigenvalue weighted by Crippen LogP contribution is 2.50. The van der Waals surface area contributed by atoms with Gasteiger partial charge >= 0.3 is 12.1 Å². The molecule has 2 fully saturated rings. The van der Waals surface area contributed by atoms with E-state index in [0.29, 0.717) is 24.3 Å². The second-order valence-corrected chi connectivity index (χ2v) is 16.6. The third-order valence-corrected chi connectivity index (χ3v) is 12.5. The predicted molar refractivity (Wildman–Crippen MR) is 206 cm³/mol. The lowest BCUT2D eigenvalue weighted by Crippen LogP contribution is -2.61. The van der Waals surface area contributed by atoms with E-state index in [2.05, 4.69) is 12.2 Å². The number of amides is 3. The fraction of sp³-hybridized carbons (Fsp3) is 0.641. The van der Waals surface area contributed by atoms with Crippen LogP contribution in [-0.2, 0) is 39.8 Å². The van der Waals surface area contributed by atoms with Crippen molar-refractivity contribution in [1.29, 1.82) is 0 Å². The third-order valence-electron chi connectivity index (χ3n) is 10.5. The van der Waals surface area contributed by atoms with Crippen LogP contribution in [0.25, 0.3) is 0 Å². The number of nitrogens with zero attached hydrogens (tertiary/aromatic N) is 2. The number of epoxide rings is 1. The van der Waals surface area contributed by atoms with Gasteiger partial charge < -0.3 is 38.8 Å². The van der Waals surface area contributed by atoms with Gasteiger partial charge in [0.2, 0.25) is 11.8 Å². The number of alkyl carbamates (subject to hydrolysis) is 1. The minimum atomic E-state index is -1.13. The molecule has 3 aliphatic heterocycles. The maximum absolute atomic E-state index is 14.2. The lowest BCUT2D eigenvalue weighted by Gasteiger charge is -2.45. The zero-order chi connectivity index (χ0) is 39.4. The van der Waals surface area contributed by atoms with Gasteiger partial charge in [0.15, 0.2) is 0 Å². The molecule has 0 saturated carbocycles. The van der Waals surface area contributed by atoms with Gasteiger partial charge in [0.1, 0.15) is 45.6 Å². The van der Waals surface area contributed by atoms with Crippen LogP contribution >= 0.6 is 23.4 Å². The number of hydrogen-bond donors (Lipinski definition) is 1. The number of benzene rings is 1. The quantitative estimate of drug-likeness (QED) is 0.224. The molecule has 3 aliphatic rings. The second kappa shape index (κ2) is 17.5.